The summed E-state index contributed by atoms with van der Waals surface area (Å²) >= 11 is 0. The van der Waals surface area contributed by atoms with Crippen LogP contribution in [-0.4, -0.2) is 46.6 Å². The van der Waals surface area contributed by atoms with Gasteiger partial charge in [-0.3, -0.25) is 4.58 Å². The van der Waals surface area contributed by atoms with E-state index in [4.69, 9.17) is 9.97 Å². The van der Waals surface area contributed by atoms with Gasteiger partial charge in [-0.05, 0) is 38.0 Å². The number of nitrogens with zero attached hydrogens (tertiary/aromatic N) is 5. The molecule has 0 radical (unpaired) electrons. The highest BCUT2D eigenvalue weighted by atomic mass is 15.4. The quantitative estimate of drug-likeness (QED) is 0.757. The third kappa shape index (κ3) is 1.76. The molecule has 3 aliphatic rings. The summed E-state index contributed by atoms with van der Waals surface area (Å²) in [6.45, 7) is 4.21. The van der Waals surface area contributed by atoms with Crippen LogP contribution in [0.1, 0.15) is 24.0 Å². The van der Waals surface area contributed by atoms with Crippen molar-refractivity contribution in [1.82, 2.24) is 9.97 Å². The smallest absolute Gasteiger partial charge is 0.288 e. The molecule has 0 atom stereocenters. The largest absolute Gasteiger partial charge is 0.304 e. The Morgan fingerprint density at radius 3 is 2.78 bits per heavy atom. The standard InChI is InChI=1S/C18H20N5/c1-12-7-9-20-17-15(12)22-11-10-21(2)18(22)14-4-3-8-19-16(14)23(17)13-5-6-13/h3-4,7-9,13H,5-6,10-11H2,1-2H3/q+1. The lowest BCUT2D eigenvalue weighted by Crippen LogP contribution is -2.29. The molecule has 2 aromatic heterocycles. The van der Waals surface area contributed by atoms with E-state index in [1.54, 1.807) is 0 Å². The molecule has 116 valence electrons. The van der Waals surface area contributed by atoms with Crippen LogP contribution in [0.4, 0.5) is 17.3 Å². The lowest BCUT2D eigenvalue weighted by molar-refractivity contribution is -0.485. The van der Waals surface area contributed by atoms with Gasteiger partial charge < -0.3 is 4.90 Å². The monoisotopic (exact) mass is 306 g/mol. The number of aryl methyl sites for hydroxylation is 1. The Labute approximate surface area is 135 Å². The summed E-state index contributed by atoms with van der Waals surface area (Å²) in [6.07, 6.45) is 6.26. The lowest BCUT2D eigenvalue weighted by atomic mass is 10.2. The van der Waals surface area contributed by atoms with E-state index in [0.29, 0.717) is 6.04 Å². The average molecular weight is 306 g/mol. The SMILES string of the molecule is Cc1ccnc2c1N1CC[N+](C)=C1c1cccnc1N2C1CC1. The predicted octanol–water partition coefficient (Wildman–Crippen LogP) is 2.31. The second-order valence-electron chi connectivity index (χ2n) is 6.67. The van der Waals surface area contributed by atoms with Crippen LogP contribution in [0.2, 0.25) is 0 Å². The molecule has 4 heterocycles. The molecule has 0 aromatic carbocycles. The van der Waals surface area contributed by atoms with E-state index in [2.05, 4.69) is 40.5 Å². The van der Waals surface area contributed by atoms with E-state index in [9.17, 15) is 0 Å². The topological polar surface area (TPSA) is 35.3 Å². The number of rotatable bonds is 1. The molecule has 0 spiro atoms. The first-order valence-corrected chi connectivity index (χ1v) is 8.31. The predicted molar refractivity (Wildman–Crippen MR) is 90.9 cm³/mol. The van der Waals surface area contributed by atoms with Crippen molar-refractivity contribution in [3.05, 3.63) is 41.7 Å². The number of hydrogen-bond donors (Lipinski definition) is 0. The Hall–Kier alpha value is -2.43. The van der Waals surface area contributed by atoms with Crippen molar-refractivity contribution in [2.75, 3.05) is 29.9 Å². The minimum atomic E-state index is 0.530. The fraction of sp³-hybridized carbons (Fsp3) is 0.389. The Morgan fingerprint density at radius 1 is 1.13 bits per heavy atom. The third-order valence-corrected chi connectivity index (χ3v) is 5.05. The molecule has 5 nitrogen and oxygen atoms in total. The summed E-state index contributed by atoms with van der Waals surface area (Å²) in [5.41, 5.74) is 3.75. The van der Waals surface area contributed by atoms with Gasteiger partial charge in [0.2, 0.25) is 0 Å². The zero-order chi connectivity index (χ0) is 15.6. The van der Waals surface area contributed by atoms with Crippen LogP contribution < -0.4 is 9.80 Å². The number of amidine groups is 1. The van der Waals surface area contributed by atoms with Crippen molar-refractivity contribution in [2.24, 2.45) is 0 Å². The van der Waals surface area contributed by atoms with Gasteiger partial charge in [-0.25, -0.2) is 14.9 Å². The summed E-state index contributed by atoms with van der Waals surface area (Å²) < 4.78 is 2.34. The third-order valence-electron chi connectivity index (χ3n) is 5.05. The highest BCUT2D eigenvalue weighted by Crippen LogP contribution is 2.46. The summed E-state index contributed by atoms with van der Waals surface area (Å²) in [7, 11) is 2.17. The molecular weight excluding hydrogens is 286 g/mol. The summed E-state index contributed by atoms with van der Waals surface area (Å²) in [6, 6.07) is 6.88. The molecule has 0 N–H and O–H groups in total. The van der Waals surface area contributed by atoms with Crippen molar-refractivity contribution in [1.29, 1.82) is 0 Å². The van der Waals surface area contributed by atoms with Crippen molar-refractivity contribution in [3.63, 3.8) is 0 Å². The highest BCUT2D eigenvalue weighted by Gasteiger charge is 2.45. The molecule has 5 rings (SSSR count). The molecule has 1 saturated carbocycles. The summed E-state index contributed by atoms with van der Waals surface area (Å²) in [5, 5.41) is 0. The van der Waals surface area contributed by atoms with E-state index in [1.165, 1.54) is 35.5 Å². The van der Waals surface area contributed by atoms with Gasteiger partial charge in [0, 0.05) is 24.0 Å². The molecule has 1 aliphatic carbocycles. The molecule has 0 unspecified atom stereocenters. The van der Waals surface area contributed by atoms with Crippen LogP contribution in [0.15, 0.2) is 30.6 Å². The first-order chi connectivity index (χ1) is 11.3. The van der Waals surface area contributed by atoms with E-state index < -0.39 is 0 Å². The van der Waals surface area contributed by atoms with E-state index in [1.807, 2.05) is 18.5 Å². The van der Waals surface area contributed by atoms with Gasteiger partial charge in [0.05, 0.1) is 7.05 Å². The zero-order valence-corrected chi connectivity index (χ0v) is 13.5. The minimum Gasteiger partial charge on any atom is -0.304 e. The maximum atomic E-state index is 4.78. The van der Waals surface area contributed by atoms with Gasteiger partial charge in [-0.2, -0.15) is 0 Å². The number of fused-ring (bicyclic) bond motifs is 5. The van der Waals surface area contributed by atoms with Crippen LogP contribution in [0.25, 0.3) is 0 Å². The Balaban J connectivity index is 1.88. The number of anilines is 3. The highest BCUT2D eigenvalue weighted by molar-refractivity contribution is 6.14. The van der Waals surface area contributed by atoms with Crippen LogP contribution in [0.5, 0.6) is 0 Å². The lowest BCUT2D eigenvalue weighted by Gasteiger charge is -2.23. The van der Waals surface area contributed by atoms with Gasteiger partial charge in [0.25, 0.3) is 5.84 Å². The second kappa shape index (κ2) is 4.54. The molecule has 0 saturated heterocycles. The van der Waals surface area contributed by atoms with Gasteiger partial charge in [0.15, 0.2) is 11.5 Å². The number of hydrogen-bond acceptors (Lipinski definition) is 4. The molecule has 2 aliphatic heterocycles. The molecule has 5 heteroatoms. The fourth-order valence-electron chi connectivity index (χ4n) is 3.82. The molecule has 23 heavy (non-hydrogen) atoms. The maximum Gasteiger partial charge on any atom is 0.288 e. The van der Waals surface area contributed by atoms with Crippen LogP contribution in [0.3, 0.4) is 0 Å². The van der Waals surface area contributed by atoms with Crippen molar-refractivity contribution in [2.45, 2.75) is 25.8 Å². The Bertz CT molecular complexity index is 837. The fourth-order valence-corrected chi connectivity index (χ4v) is 3.82. The summed E-state index contributed by atoms with van der Waals surface area (Å²) in [5.74, 6) is 3.38. The van der Waals surface area contributed by atoms with E-state index >= 15 is 0 Å². The number of aromatic nitrogens is 2. The molecule has 0 bridgehead atoms. The van der Waals surface area contributed by atoms with Gasteiger partial charge in [-0.15, -0.1) is 0 Å². The minimum absolute atomic E-state index is 0.530. The zero-order valence-electron chi connectivity index (χ0n) is 13.5. The Morgan fingerprint density at radius 2 is 1.96 bits per heavy atom. The maximum absolute atomic E-state index is 4.78. The molecule has 1 fully saturated rings. The Kier molecular flexibility index (Phi) is 2.57. The van der Waals surface area contributed by atoms with Crippen molar-refractivity contribution >= 4 is 23.2 Å². The average Bonchev–Trinajstić information content (AvgIpc) is 3.32. The normalized spacial score (nSPS) is 19.4. The van der Waals surface area contributed by atoms with Gasteiger partial charge in [0.1, 0.15) is 24.5 Å². The van der Waals surface area contributed by atoms with Crippen LogP contribution >= 0.6 is 0 Å². The van der Waals surface area contributed by atoms with E-state index in [0.717, 1.165) is 24.7 Å². The van der Waals surface area contributed by atoms with Gasteiger partial charge >= 0.3 is 0 Å². The molecule has 2 aromatic rings. The first-order valence-electron chi connectivity index (χ1n) is 8.31. The second-order valence-corrected chi connectivity index (χ2v) is 6.67. The molecule has 0 amide bonds. The summed E-state index contributed by atoms with van der Waals surface area (Å²) in [4.78, 5) is 14.3. The van der Waals surface area contributed by atoms with Crippen LogP contribution in [-0.2, 0) is 0 Å². The number of pyridine rings is 2. The van der Waals surface area contributed by atoms with Crippen molar-refractivity contribution in [3.8, 4) is 0 Å². The molecular formula is C18H20N5+. The van der Waals surface area contributed by atoms with E-state index in [-0.39, 0.29) is 0 Å². The van der Waals surface area contributed by atoms with Crippen LogP contribution in [0, 0.1) is 6.92 Å². The number of likely N-dealkylation sites (N-methyl/N-ethyl adjacent to an activating group) is 1. The van der Waals surface area contributed by atoms with Gasteiger partial charge in [-0.1, -0.05) is 0 Å². The first kappa shape index (κ1) is 13.0. The van der Waals surface area contributed by atoms with Crippen molar-refractivity contribution < 1.29 is 4.58 Å².